The summed E-state index contributed by atoms with van der Waals surface area (Å²) in [7, 11) is -3.21. The molecule has 0 unspecified atom stereocenters. The quantitative estimate of drug-likeness (QED) is 0.622. The van der Waals surface area contributed by atoms with E-state index in [1.165, 1.54) is 4.90 Å². The molecule has 0 aliphatic carbocycles. The summed E-state index contributed by atoms with van der Waals surface area (Å²) in [6, 6.07) is 19.1. The number of piperidine rings is 1. The molecule has 0 radical (unpaired) electrons. The van der Waals surface area contributed by atoms with E-state index in [0.717, 1.165) is 17.5 Å². The van der Waals surface area contributed by atoms with Crippen LogP contribution in [0.1, 0.15) is 43.7 Å². The zero-order chi connectivity index (χ0) is 23.5. The molecule has 2 saturated heterocycles. The minimum atomic E-state index is -3.21. The molecule has 2 aromatic rings. The minimum absolute atomic E-state index is 0.0886. The zero-order valence-electron chi connectivity index (χ0n) is 19.0. The number of sulfonamides is 1. The monoisotopic (exact) mass is 468 g/mol. The van der Waals surface area contributed by atoms with Crippen molar-refractivity contribution in [3.8, 4) is 0 Å². The van der Waals surface area contributed by atoms with Crippen molar-refractivity contribution in [3.05, 3.63) is 71.8 Å². The van der Waals surface area contributed by atoms with E-state index in [1.54, 1.807) is 4.31 Å². The second-order valence-corrected chi connectivity index (χ2v) is 11.0. The van der Waals surface area contributed by atoms with Gasteiger partial charge in [-0.15, -0.1) is 0 Å². The van der Waals surface area contributed by atoms with E-state index >= 15 is 0 Å². The summed E-state index contributed by atoms with van der Waals surface area (Å²) in [4.78, 5) is 15.4. The van der Waals surface area contributed by atoms with Crippen LogP contribution in [0.4, 0.5) is 0 Å². The van der Waals surface area contributed by atoms with Gasteiger partial charge in [0, 0.05) is 19.6 Å². The maximum absolute atomic E-state index is 13.9. The van der Waals surface area contributed by atoms with E-state index in [4.69, 9.17) is 5.41 Å². The zero-order valence-corrected chi connectivity index (χ0v) is 19.9. The number of carbonyl (C=O) groups is 1. The highest BCUT2D eigenvalue weighted by molar-refractivity contribution is 7.89. The lowest BCUT2D eigenvalue weighted by atomic mass is 9.82. The number of carbonyl (C=O) groups excluding carboxylic acids is 1. The molecule has 0 atom stereocenters. The Kier molecular flexibility index (Phi) is 6.86. The van der Waals surface area contributed by atoms with Crippen LogP contribution in [0.5, 0.6) is 0 Å². The molecule has 0 saturated carbocycles. The van der Waals surface area contributed by atoms with E-state index in [9.17, 15) is 13.2 Å². The number of rotatable bonds is 8. The molecular formula is C25H32N4O3S. The van der Waals surface area contributed by atoms with Crippen molar-refractivity contribution in [1.82, 2.24) is 14.5 Å². The van der Waals surface area contributed by atoms with Crippen molar-refractivity contribution in [3.63, 3.8) is 0 Å². The molecule has 2 heterocycles. The maximum Gasteiger partial charge on any atom is 0.264 e. The highest BCUT2D eigenvalue weighted by Crippen LogP contribution is 2.36. The average Bonchev–Trinajstić information content (AvgIpc) is 3.10. The van der Waals surface area contributed by atoms with Crippen molar-refractivity contribution in [2.45, 2.75) is 38.1 Å². The molecule has 0 spiro atoms. The number of benzene rings is 2. The Morgan fingerprint density at radius 1 is 1.00 bits per heavy atom. The van der Waals surface area contributed by atoms with Gasteiger partial charge in [0.15, 0.2) is 11.5 Å². The molecule has 2 fully saturated rings. The molecule has 2 aliphatic rings. The third-order valence-electron chi connectivity index (χ3n) is 6.72. The molecule has 4 rings (SSSR count). The van der Waals surface area contributed by atoms with Crippen LogP contribution in [0.15, 0.2) is 60.7 Å². The van der Waals surface area contributed by atoms with Crippen molar-refractivity contribution in [2.75, 3.05) is 25.4 Å². The van der Waals surface area contributed by atoms with Crippen molar-refractivity contribution >= 4 is 21.9 Å². The van der Waals surface area contributed by atoms with Crippen LogP contribution in [0.25, 0.3) is 0 Å². The van der Waals surface area contributed by atoms with Gasteiger partial charge >= 0.3 is 0 Å². The Hall–Kier alpha value is -2.71. The molecule has 176 valence electrons. The van der Waals surface area contributed by atoms with Gasteiger partial charge < -0.3 is 5.32 Å². The second kappa shape index (κ2) is 9.65. The van der Waals surface area contributed by atoms with E-state index in [1.807, 2.05) is 67.6 Å². The molecule has 1 amide bonds. The van der Waals surface area contributed by atoms with Crippen molar-refractivity contribution < 1.29 is 13.2 Å². The predicted molar refractivity (Wildman–Crippen MR) is 129 cm³/mol. The highest BCUT2D eigenvalue weighted by Gasteiger charge is 2.52. The molecule has 33 heavy (non-hydrogen) atoms. The van der Waals surface area contributed by atoms with Gasteiger partial charge in [-0.2, -0.15) is 0 Å². The van der Waals surface area contributed by atoms with Gasteiger partial charge in [0.05, 0.1) is 5.75 Å². The first-order chi connectivity index (χ1) is 15.9. The fraction of sp³-hybridized carbons (Fsp3) is 0.440. The highest BCUT2D eigenvalue weighted by atomic mass is 32.2. The van der Waals surface area contributed by atoms with Gasteiger partial charge in [0.1, 0.15) is 0 Å². The van der Waals surface area contributed by atoms with Gasteiger partial charge in [-0.1, -0.05) is 74.0 Å². The third-order valence-corrected chi connectivity index (χ3v) is 8.68. The van der Waals surface area contributed by atoms with Crippen LogP contribution in [-0.4, -0.2) is 54.9 Å². The summed E-state index contributed by atoms with van der Waals surface area (Å²) >= 11 is 0. The topological polar surface area (TPSA) is 93.6 Å². The summed E-state index contributed by atoms with van der Waals surface area (Å²) in [6.07, 6.45) is 2.90. The van der Waals surface area contributed by atoms with Gasteiger partial charge in [-0.25, -0.2) is 12.7 Å². The van der Waals surface area contributed by atoms with Crippen LogP contribution < -0.4 is 5.32 Å². The van der Waals surface area contributed by atoms with E-state index in [0.29, 0.717) is 38.9 Å². The van der Waals surface area contributed by atoms with Crippen LogP contribution in [-0.2, 0) is 20.4 Å². The lowest BCUT2D eigenvalue weighted by molar-refractivity contribution is -0.130. The Morgan fingerprint density at radius 3 is 2.06 bits per heavy atom. The molecule has 0 aromatic heterocycles. The molecule has 7 nitrogen and oxygen atoms in total. The number of nitrogens with zero attached hydrogens (tertiary/aromatic N) is 2. The number of guanidine groups is 1. The smallest absolute Gasteiger partial charge is 0.264 e. The number of hydrogen-bond acceptors (Lipinski definition) is 4. The van der Waals surface area contributed by atoms with Crippen LogP contribution in [0, 0.1) is 11.3 Å². The van der Waals surface area contributed by atoms with E-state index < -0.39 is 15.6 Å². The van der Waals surface area contributed by atoms with Crippen LogP contribution in [0.3, 0.4) is 0 Å². The first kappa shape index (κ1) is 23.4. The molecule has 0 bridgehead atoms. The number of unbranched alkanes of at least 4 members (excludes halogenated alkanes) is 1. The number of nitrogens with one attached hydrogen (secondary N) is 2. The second-order valence-electron chi connectivity index (χ2n) is 8.88. The Labute approximate surface area is 196 Å². The number of amides is 1. The van der Waals surface area contributed by atoms with Crippen molar-refractivity contribution in [1.29, 1.82) is 5.41 Å². The third kappa shape index (κ3) is 4.54. The van der Waals surface area contributed by atoms with Gasteiger partial charge in [0.25, 0.3) is 5.91 Å². The first-order valence-electron chi connectivity index (χ1n) is 11.7. The van der Waals surface area contributed by atoms with Crippen LogP contribution >= 0.6 is 0 Å². The van der Waals surface area contributed by atoms with Crippen LogP contribution in [0.2, 0.25) is 0 Å². The normalized spacial score (nSPS) is 19.6. The van der Waals surface area contributed by atoms with Gasteiger partial charge in [-0.05, 0) is 36.3 Å². The Balaban J connectivity index is 1.52. The lowest BCUT2D eigenvalue weighted by Crippen LogP contribution is -2.46. The fourth-order valence-electron chi connectivity index (χ4n) is 4.80. The molecule has 2 aliphatic heterocycles. The SMILES string of the molecule is CCCCS(=O)(=O)N1CCC(CN2C(=N)NC(c3ccccc3)(c3ccccc3)C2=O)CC1. The first-order valence-corrected chi connectivity index (χ1v) is 13.3. The van der Waals surface area contributed by atoms with E-state index in [2.05, 4.69) is 5.32 Å². The standard InChI is InChI=1S/C25H32N4O3S/c1-2-3-18-33(31,32)28-16-14-20(15-17-28)19-29-23(30)25(27-24(29)26,21-10-6-4-7-11-21)22-12-8-5-9-13-22/h4-13,20H,2-3,14-19H2,1H3,(H2,26,27). The van der Waals surface area contributed by atoms with Crippen molar-refractivity contribution in [2.24, 2.45) is 5.92 Å². The summed E-state index contributed by atoms with van der Waals surface area (Å²) in [5.41, 5.74) is 0.458. The minimum Gasteiger partial charge on any atom is -0.334 e. The summed E-state index contributed by atoms with van der Waals surface area (Å²) in [5, 5.41) is 11.8. The average molecular weight is 469 g/mol. The lowest BCUT2D eigenvalue weighted by Gasteiger charge is -2.33. The summed E-state index contributed by atoms with van der Waals surface area (Å²) in [5.74, 6) is 0.272. The largest absolute Gasteiger partial charge is 0.334 e. The predicted octanol–water partition coefficient (Wildman–Crippen LogP) is 3.14. The van der Waals surface area contributed by atoms with Gasteiger partial charge in [0.2, 0.25) is 10.0 Å². The molecule has 8 heteroatoms. The van der Waals surface area contributed by atoms with Gasteiger partial charge in [-0.3, -0.25) is 15.1 Å². The molecular weight excluding hydrogens is 436 g/mol. The van der Waals surface area contributed by atoms with E-state index in [-0.39, 0.29) is 23.5 Å². The molecule has 2 N–H and O–H groups in total. The fourth-order valence-corrected chi connectivity index (χ4v) is 6.47. The molecule has 2 aromatic carbocycles. The Morgan fingerprint density at radius 2 is 1.55 bits per heavy atom. The maximum atomic E-state index is 13.9. The summed E-state index contributed by atoms with van der Waals surface area (Å²) in [6.45, 7) is 3.35. The Bertz CT molecular complexity index is 1040. The summed E-state index contributed by atoms with van der Waals surface area (Å²) < 4.78 is 26.6. The number of hydrogen-bond donors (Lipinski definition) is 2.